The highest BCUT2D eigenvalue weighted by molar-refractivity contribution is 5.76. The summed E-state index contributed by atoms with van der Waals surface area (Å²) in [4.78, 5) is 11.1. The first kappa shape index (κ1) is 11.1. The molecule has 18 heavy (non-hydrogen) atoms. The Hall–Kier alpha value is -0.740. The summed E-state index contributed by atoms with van der Waals surface area (Å²) in [6.07, 6.45) is 0.598. The fourth-order valence-corrected chi connectivity index (χ4v) is 5.65. The van der Waals surface area contributed by atoms with Crippen molar-refractivity contribution in [2.75, 3.05) is 0 Å². The molecule has 5 unspecified atom stereocenters. The van der Waals surface area contributed by atoms with Gasteiger partial charge in [0, 0.05) is 0 Å². The second-order valence-corrected chi connectivity index (χ2v) is 6.82. The van der Waals surface area contributed by atoms with Crippen LogP contribution in [0.15, 0.2) is 0 Å². The molecule has 0 heterocycles. The second kappa shape index (κ2) is 2.88. The molecule has 0 N–H and O–H groups in total. The van der Waals surface area contributed by atoms with E-state index in [-0.39, 0.29) is 5.41 Å². The van der Waals surface area contributed by atoms with Crippen molar-refractivity contribution in [3.8, 4) is 0 Å². The summed E-state index contributed by atoms with van der Waals surface area (Å²) in [5.74, 6) is -0.298. The van der Waals surface area contributed by atoms with Crippen LogP contribution in [-0.2, 0) is 9.53 Å². The standard InChI is InChI=1S/C13H15F3O2/c14-13(15,16)10(17)18-11-3-7-1-8-2-9(5-11)12(8,4-7)6-11/h7-9H,1-6H2. The molecule has 0 saturated heterocycles. The van der Waals surface area contributed by atoms with Gasteiger partial charge in [0.25, 0.3) is 0 Å². The number of fused-ring (bicyclic) bond motifs is 2. The Morgan fingerprint density at radius 1 is 1.11 bits per heavy atom. The molecule has 100 valence electrons. The number of halogens is 3. The summed E-state index contributed by atoms with van der Waals surface area (Å²) < 4.78 is 42.0. The quantitative estimate of drug-likeness (QED) is 0.677. The van der Waals surface area contributed by atoms with Crippen LogP contribution in [0.5, 0.6) is 0 Å². The molecule has 1 spiro atoms. The minimum Gasteiger partial charge on any atom is -0.452 e. The zero-order chi connectivity index (χ0) is 12.8. The molecular formula is C13H15F3O2. The highest BCUT2D eigenvalue weighted by Gasteiger charge is 2.72. The summed E-state index contributed by atoms with van der Waals surface area (Å²) in [7, 11) is 0. The number of ether oxygens (including phenoxy) is 1. The molecule has 0 amide bonds. The van der Waals surface area contributed by atoms with E-state index >= 15 is 0 Å². The monoisotopic (exact) mass is 260 g/mol. The molecule has 0 aliphatic heterocycles. The van der Waals surface area contributed by atoms with Crippen LogP contribution in [0.3, 0.4) is 0 Å². The molecule has 4 aliphatic rings. The number of carbonyl (C=O) groups is 1. The number of esters is 1. The highest BCUT2D eigenvalue weighted by atomic mass is 19.4. The maximum absolute atomic E-state index is 12.4. The van der Waals surface area contributed by atoms with Gasteiger partial charge in [0.05, 0.1) is 0 Å². The fourth-order valence-electron chi connectivity index (χ4n) is 5.65. The number of carbonyl (C=O) groups excluding carboxylic acids is 1. The average molecular weight is 260 g/mol. The number of hydrogen-bond donors (Lipinski definition) is 0. The van der Waals surface area contributed by atoms with Crippen LogP contribution in [0.4, 0.5) is 13.2 Å². The molecule has 0 aromatic heterocycles. The van der Waals surface area contributed by atoms with Gasteiger partial charge in [0.1, 0.15) is 5.60 Å². The van der Waals surface area contributed by atoms with Crippen molar-refractivity contribution in [2.45, 2.75) is 50.3 Å². The van der Waals surface area contributed by atoms with Gasteiger partial charge in [0.15, 0.2) is 0 Å². The molecule has 4 saturated carbocycles. The Morgan fingerprint density at radius 2 is 1.89 bits per heavy atom. The molecule has 5 atom stereocenters. The number of alkyl halides is 3. The Bertz CT molecular complexity index is 428. The minimum absolute atomic E-state index is 0.245. The van der Waals surface area contributed by atoms with Crippen LogP contribution in [0.2, 0.25) is 0 Å². The van der Waals surface area contributed by atoms with Crippen molar-refractivity contribution in [1.29, 1.82) is 0 Å². The van der Waals surface area contributed by atoms with Crippen LogP contribution in [0.1, 0.15) is 38.5 Å². The molecule has 4 aliphatic carbocycles. The molecule has 0 aromatic carbocycles. The van der Waals surface area contributed by atoms with E-state index in [4.69, 9.17) is 4.74 Å². The van der Waals surface area contributed by atoms with Gasteiger partial charge in [-0.15, -0.1) is 0 Å². The van der Waals surface area contributed by atoms with Gasteiger partial charge in [-0.2, -0.15) is 13.2 Å². The van der Waals surface area contributed by atoms with Gasteiger partial charge in [-0.25, -0.2) is 4.79 Å². The fraction of sp³-hybridized carbons (Fsp3) is 0.923. The van der Waals surface area contributed by atoms with Gasteiger partial charge >= 0.3 is 12.1 Å². The van der Waals surface area contributed by atoms with Gasteiger partial charge in [-0.05, 0) is 61.7 Å². The van der Waals surface area contributed by atoms with Crippen molar-refractivity contribution < 1.29 is 22.7 Å². The van der Waals surface area contributed by atoms with E-state index in [1.165, 1.54) is 0 Å². The maximum atomic E-state index is 12.4. The predicted octanol–water partition coefficient (Wildman–Crippen LogP) is 3.06. The van der Waals surface area contributed by atoms with Gasteiger partial charge in [-0.1, -0.05) is 0 Å². The second-order valence-electron chi connectivity index (χ2n) is 6.82. The van der Waals surface area contributed by atoms with Gasteiger partial charge in [-0.3, -0.25) is 0 Å². The molecule has 3 bridgehead atoms. The van der Waals surface area contributed by atoms with Crippen molar-refractivity contribution in [1.82, 2.24) is 0 Å². The molecule has 2 nitrogen and oxygen atoms in total. The lowest BCUT2D eigenvalue weighted by atomic mass is 9.56. The molecular weight excluding hydrogens is 245 g/mol. The third-order valence-corrected chi connectivity index (χ3v) is 5.95. The molecule has 0 aromatic rings. The van der Waals surface area contributed by atoms with Gasteiger partial charge < -0.3 is 4.74 Å². The zero-order valence-corrected chi connectivity index (χ0v) is 9.93. The Kier molecular flexibility index (Phi) is 1.78. The van der Waals surface area contributed by atoms with E-state index in [1.807, 2.05) is 0 Å². The summed E-state index contributed by atoms with van der Waals surface area (Å²) in [5, 5.41) is 0. The molecule has 0 radical (unpaired) electrons. The Morgan fingerprint density at radius 3 is 2.61 bits per heavy atom. The van der Waals surface area contributed by atoms with Gasteiger partial charge in [0.2, 0.25) is 0 Å². The summed E-state index contributed by atoms with van der Waals surface area (Å²) in [6, 6.07) is 0. The Labute approximate surface area is 103 Å². The van der Waals surface area contributed by atoms with E-state index in [1.54, 1.807) is 0 Å². The first-order valence-corrected chi connectivity index (χ1v) is 6.63. The summed E-state index contributed by atoms with van der Waals surface area (Å²) in [5.41, 5.74) is -0.541. The SMILES string of the molecule is O=C(OC12CC3CC4CC(C1)C4(C3)C2)C(F)(F)F. The van der Waals surface area contributed by atoms with E-state index in [9.17, 15) is 18.0 Å². The third kappa shape index (κ3) is 1.18. The van der Waals surface area contributed by atoms with Crippen LogP contribution >= 0.6 is 0 Å². The first-order chi connectivity index (χ1) is 8.33. The third-order valence-electron chi connectivity index (χ3n) is 5.95. The van der Waals surface area contributed by atoms with Crippen molar-refractivity contribution in [3.05, 3.63) is 0 Å². The highest BCUT2D eigenvalue weighted by Crippen LogP contribution is 2.77. The average Bonchev–Trinajstić information content (AvgIpc) is 2.53. The number of rotatable bonds is 1. The largest absolute Gasteiger partial charge is 0.490 e. The van der Waals surface area contributed by atoms with Crippen molar-refractivity contribution in [2.24, 2.45) is 23.2 Å². The maximum Gasteiger partial charge on any atom is 0.490 e. The van der Waals surface area contributed by atoms with Crippen LogP contribution in [0.25, 0.3) is 0 Å². The van der Waals surface area contributed by atoms with Crippen molar-refractivity contribution >= 4 is 5.97 Å². The van der Waals surface area contributed by atoms with E-state index in [0.29, 0.717) is 37.0 Å². The summed E-state index contributed by atoms with van der Waals surface area (Å²) >= 11 is 0. The minimum atomic E-state index is -4.86. The number of hydrogen-bond acceptors (Lipinski definition) is 2. The lowest BCUT2D eigenvalue weighted by Gasteiger charge is -2.49. The normalized spacial score (nSPS) is 52.1. The van der Waals surface area contributed by atoms with Crippen molar-refractivity contribution in [3.63, 3.8) is 0 Å². The zero-order valence-electron chi connectivity index (χ0n) is 9.93. The predicted molar refractivity (Wildman–Crippen MR) is 55.5 cm³/mol. The lowest BCUT2D eigenvalue weighted by molar-refractivity contribution is -0.216. The molecule has 4 rings (SSSR count). The van der Waals surface area contributed by atoms with E-state index in [0.717, 1.165) is 19.3 Å². The smallest absolute Gasteiger partial charge is 0.452 e. The summed E-state index contributed by atoms with van der Waals surface area (Å²) in [6.45, 7) is 0. The topological polar surface area (TPSA) is 26.3 Å². The van der Waals surface area contributed by atoms with E-state index < -0.39 is 17.7 Å². The lowest BCUT2D eigenvalue weighted by Crippen LogP contribution is -2.44. The van der Waals surface area contributed by atoms with Crippen LogP contribution < -0.4 is 0 Å². The first-order valence-electron chi connectivity index (χ1n) is 6.63. The molecule has 4 fully saturated rings. The molecule has 5 heteroatoms. The van der Waals surface area contributed by atoms with E-state index in [2.05, 4.69) is 0 Å². The van der Waals surface area contributed by atoms with Crippen LogP contribution in [0, 0.1) is 23.2 Å². The van der Waals surface area contributed by atoms with Crippen LogP contribution in [-0.4, -0.2) is 17.7 Å². The Balaban J connectivity index is 1.61.